The standard InChI is InChI=1S/C20H29N3O3/c1-5-8-15-12-21-26-18(15)13(4)14-9-10-16-17(11-14)22-20(25-7-3)23-19(16)24-6-2/h12-14H,5-11H2,1-4H3/t13-,14+/m0/s1. The number of aromatic nitrogens is 3. The first-order chi connectivity index (χ1) is 12.7. The van der Waals surface area contributed by atoms with Crippen LogP contribution in [0.25, 0.3) is 0 Å². The molecule has 0 aliphatic heterocycles. The van der Waals surface area contributed by atoms with Crippen LogP contribution >= 0.6 is 0 Å². The van der Waals surface area contributed by atoms with E-state index in [4.69, 9.17) is 14.0 Å². The van der Waals surface area contributed by atoms with Crippen LogP contribution in [-0.4, -0.2) is 28.3 Å². The van der Waals surface area contributed by atoms with Gasteiger partial charge in [-0.05, 0) is 45.4 Å². The van der Waals surface area contributed by atoms with Crippen LogP contribution in [0.1, 0.15) is 69.0 Å². The molecular formula is C20H29N3O3. The van der Waals surface area contributed by atoms with Gasteiger partial charge in [0, 0.05) is 17.0 Å². The average Bonchev–Trinajstić information content (AvgIpc) is 3.10. The third-order valence-electron chi connectivity index (χ3n) is 5.13. The summed E-state index contributed by atoms with van der Waals surface area (Å²) in [5.74, 6) is 2.49. The van der Waals surface area contributed by atoms with Crippen LogP contribution in [0.2, 0.25) is 0 Å². The Labute approximate surface area is 155 Å². The van der Waals surface area contributed by atoms with Gasteiger partial charge in [-0.2, -0.15) is 9.97 Å². The zero-order valence-electron chi connectivity index (χ0n) is 16.2. The third-order valence-corrected chi connectivity index (χ3v) is 5.13. The molecule has 0 N–H and O–H groups in total. The van der Waals surface area contributed by atoms with E-state index in [9.17, 15) is 0 Å². The molecule has 26 heavy (non-hydrogen) atoms. The van der Waals surface area contributed by atoms with E-state index >= 15 is 0 Å². The van der Waals surface area contributed by atoms with Crippen molar-refractivity contribution in [3.05, 3.63) is 28.8 Å². The van der Waals surface area contributed by atoms with Crippen LogP contribution in [0.5, 0.6) is 11.9 Å². The molecule has 2 atom stereocenters. The molecule has 0 amide bonds. The second-order valence-electron chi connectivity index (χ2n) is 6.86. The van der Waals surface area contributed by atoms with Crippen molar-refractivity contribution in [3.63, 3.8) is 0 Å². The monoisotopic (exact) mass is 359 g/mol. The minimum Gasteiger partial charge on any atom is -0.478 e. The largest absolute Gasteiger partial charge is 0.478 e. The molecule has 0 aromatic carbocycles. The summed E-state index contributed by atoms with van der Waals surface area (Å²) in [5, 5.41) is 4.04. The Hall–Kier alpha value is -2.11. The van der Waals surface area contributed by atoms with E-state index in [1.165, 1.54) is 5.56 Å². The lowest BCUT2D eigenvalue weighted by atomic mass is 9.78. The van der Waals surface area contributed by atoms with Crippen LogP contribution < -0.4 is 9.47 Å². The lowest BCUT2D eigenvalue weighted by Crippen LogP contribution is -2.22. The lowest BCUT2D eigenvalue weighted by Gasteiger charge is -2.28. The van der Waals surface area contributed by atoms with E-state index in [2.05, 4.69) is 29.0 Å². The first-order valence-electron chi connectivity index (χ1n) is 9.76. The van der Waals surface area contributed by atoms with Gasteiger partial charge in [-0.25, -0.2) is 0 Å². The molecule has 2 aromatic rings. The maximum atomic E-state index is 5.75. The van der Waals surface area contributed by atoms with Crippen molar-refractivity contribution in [1.82, 2.24) is 15.1 Å². The summed E-state index contributed by atoms with van der Waals surface area (Å²) in [4.78, 5) is 9.10. The predicted octanol–water partition coefficient (Wildman–Crippen LogP) is 4.12. The number of rotatable bonds is 8. The molecule has 0 spiro atoms. The molecule has 6 heteroatoms. The zero-order chi connectivity index (χ0) is 18.5. The Morgan fingerprint density at radius 2 is 2.00 bits per heavy atom. The van der Waals surface area contributed by atoms with Crippen LogP contribution in [0.4, 0.5) is 0 Å². The van der Waals surface area contributed by atoms with E-state index in [0.717, 1.165) is 49.1 Å². The Morgan fingerprint density at radius 3 is 2.73 bits per heavy atom. The number of hydrogen-bond donors (Lipinski definition) is 0. The normalized spacial score (nSPS) is 17.6. The highest BCUT2D eigenvalue weighted by Crippen LogP contribution is 2.39. The van der Waals surface area contributed by atoms with Crippen molar-refractivity contribution in [3.8, 4) is 11.9 Å². The molecule has 1 aliphatic carbocycles. The number of nitrogens with zero attached hydrogens (tertiary/aromatic N) is 3. The van der Waals surface area contributed by atoms with Gasteiger partial charge in [-0.1, -0.05) is 25.4 Å². The van der Waals surface area contributed by atoms with Crippen molar-refractivity contribution in [2.45, 2.75) is 65.7 Å². The summed E-state index contributed by atoms with van der Waals surface area (Å²) in [6.07, 6.45) is 6.84. The lowest BCUT2D eigenvalue weighted by molar-refractivity contribution is 0.270. The third kappa shape index (κ3) is 3.84. The van der Waals surface area contributed by atoms with Gasteiger partial charge in [0.2, 0.25) is 5.88 Å². The van der Waals surface area contributed by atoms with Gasteiger partial charge < -0.3 is 14.0 Å². The maximum Gasteiger partial charge on any atom is 0.319 e. The average molecular weight is 359 g/mol. The molecule has 2 heterocycles. The number of hydrogen-bond acceptors (Lipinski definition) is 6. The Kier molecular flexibility index (Phi) is 6.12. The van der Waals surface area contributed by atoms with Gasteiger partial charge in [0.15, 0.2) is 0 Å². The number of aryl methyl sites for hydroxylation is 1. The molecule has 1 aliphatic rings. The quantitative estimate of drug-likeness (QED) is 0.706. The van der Waals surface area contributed by atoms with Crippen molar-refractivity contribution in [2.24, 2.45) is 5.92 Å². The topological polar surface area (TPSA) is 70.3 Å². The highest BCUT2D eigenvalue weighted by atomic mass is 16.5. The van der Waals surface area contributed by atoms with Gasteiger partial charge in [0.1, 0.15) is 5.76 Å². The summed E-state index contributed by atoms with van der Waals surface area (Å²) < 4.78 is 16.9. The molecule has 6 nitrogen and oxygen atoms in total. The van der Waals surface area contributed by atoms with Crippen LogP contribution in [-0.2, 0) is 19.3 Å². The Morgan fingerprint density at radius 1 is 1.19 bits per heavy atom. The van der Waals surface area contributed by atoms with Crippen LogP contribution in [0.15, 0.2) is 10.7 Å². The molecule has 0 radical (unpaired) electrons. The fourth-order valence-electron chi connectivity index (χ4n) is 3.78. The first kappa shape index (κ1) is 18.7. The summed E-state index contributed by atoms with van der Waals surface area (Å²) in [5.41, 5.74) is 3.41. The number of ether oxygens (including phenoxy) is 2. The van der Waals surface area contributed by atoms with Crippen molar-refractivity contribution >= 4 is 0 Å². The van der Waals surface area contributed by atoms with Gasteiger partial charge in [-0.15, -0.1) is 0 Å². The van der Waals surface area contributed by atoms with Crippen LogP contribution in [0, 0.1) is 5.92 Å². The predicted molar refractivity (Wildman–Crippen MR) is 98.8 cm³/mol. The highest BCUT2D eigenvalue weighted by molar-refractivity contribution is 5.35. The summed E-state index contributed by atoms with van der Waals surface area (Å²) >= 11 is 0. The Balaban J connectivity index is 1.84. The van der Waals surface area contributed by atoms with E-state index in [-0.39, 0.29) is 0 Å². The summed E-state index contributed by atoms with van der Waals surface area (Å²) in [6, 6.07) is 0.411. The molecule has 0 unspecified atom stereocenters. The van der Waals surface area contributed by atoms with Crippen molar-refractivity contribution in [1.29, 1.82) is 0 Å². The van der Waals surface area contributed by atoms with Crippen LogP contribution in [0.3, 0.4) is 0 Å². The fourth-order valence-corrected chi connectivity index (χ4v) is 3.78. The van der Waals surface area contributed by atoms with Gasteiger partial charge in [0.05, 0.1) is 25.1 Å². The highest BCUT2D eigenvalue weighted by Gasteiger charge is 2.31. The molecule has 0 saturated heterocycles. The van der Waals surface area contributed by atoms with Gasteiger partial charge in [0.25, 0.3) is 0 Å². The second-order valence-corrected chi connectivity index (χ2v) is 6.86. The first-order valence-corrected chi connectivity index (χ1v) is 9.76. The maximum absolute atomic E-state index is 5.75. The second kappa shape index (κ2) is 8.52. The summed E-state index contributed by atoms with van der Waals surface area (Å²) in [7, 11) is 0. The van der Waals surface area contributed by atoms with E-state index in [1.54, 1.807) is 0 Å². The molecule has 0 bridgehead atoms. The molecule has 2 aromatic heterocycles. The molecule has 0 saturated carbocycles. The van der Waals surface area contributed by atoms with E-state index in [0.29, 0.717) is 36.9 Å². The van der Waals surface area contributed by atoms with Crippen molar-refractivity contribution in [2.75, 3.05) is 13.2 Å². The SMILES string of the molecule is CCCc1cnoc1[C@@H](C)[C@@H]1CCc2c(nc(OCC)nc2OCC)C1. The van der Waals surface area contributed by atoms with E-state index < -0.39 is 0 Å². The zero-order valence-corrected chi connectivity index (χ0v) is 16.2. The van der Waals surface area contributed by atoms with Crippen molar-refractivity contribution < 1.29 is 14.0 Å². The molecular weight excluding hydrogens is 330 g/mol. The van der Waals surface area contributed by atoms with E-state index in [1.807, 2.05) is 20.0 Å². The molecule has 0 fully saturated rings. The molecule has 142 valence electrons. The van der Waals surface area contributed by atoms with Gasteiger partial charge in [-0.3, -0.25) is 0 Å². The smallest absolute Gasteiger partial charge is 0.319 e. The minimum absolute atomic E-state index is 0.313. The minimum atomic E-state index is 0.313. The molecule has 3 rings (SSSR count). The summed E-state index contributed by atoms with van der Waals surface area (Å²) in [6.45, 7) is 9.47. The fraction of sp³-hybridized carbons (Fsp3) is 0.650. The Bertz CT molecular complexity index is 729. The van der Waals surface area contributed by atoms with Gasteiger partial charge >= 0.3 is 6.01 Å². The number of fused-ring (bicyclic) bond motifs is 1.